The van der Waals surface area contributed by atoms with Crippen molar-refractivity contribution in [1.29, 1.82) is 0 Å². The number of aromatic carboxylic acids is 1. The molecule has 3 nitrogen and oxygen atoms in total. The first-order chi connectivity index (χ1) is 7.75. The van der Waals surface area contributed by atoms with Crippen LogP contribution in [0.1, 0.15) is 16.1 Å². The van der Waals surface area contributed by atoms with Gasteiger partial charge >= 0.3 is 5.97 Å². The molecule has 0 saturated carbocycles. The predicted octanol–water partition coefficient (Wildman–Crippen LogP) is 3.13. The van der Waals surface area contributed by atoms with E-state index in [-0.39, 0.29) is 5.69 Å². The van der Waals surface area contributed by atoms with Gasteiger partial charge in [-0.2, -0.15) is 0 Å². The molecule has 0 spiro atoms. The van der Waals surface area contributed by atoms with Crippen LogP contribution in [0.3, 0.4) is 0 Å². The van der Waals surface area contributed by atoms with Crippen molar-refractivity contribution in [2.75, 3.05) is 0 Å². The number of hydrogen-bond acceptors (Lipinski definition) is 4. The van der Waals surface area contributed by atoms with Crippen molar-refractivity contribution in [3.63, 3.8) is 0 Å². The third-order valence-corrected chi connectivity index (χ3v) is 4.12. The van der Waals surface area contributed by atoms with Gasteiger partial charge in [0.15, 0.2) is 0 Å². The number of pyridine rings is 1. The molecule has 2 heterocycles. The minimum atomic E-state index is -0.983. The van der Waals surface area contributed by atoms with Crippen molar-refractivity contribution in [1.82, 2.24) is 4.98 Å². The first kappa shape index (κ1) is 11.2. The third-order valence-electron chi connectivity index (χ3n) is 1.92. The molecule has 0 radical (unpaired) electrons. The fourth-order valence-corrected chi connectivity index (χ4v) is 2.91. The van der Waals surface area contributed by atoms with Gasteiger partial charge in [0, 0.05) is 11.9 Å². The Balaban J connectivity index is 2.04. The second-order valence-electron chi connectivity index (χ2n) is 3.08. The average Bonchev–Trinajstić information content (AvgIpc) is 2.79. The highest BCUT2D eigenvalue weighted by atomic mass is 32.2. The summed E-state index contributed by atoms with van der Waals surface area (Å²) in [5, 5.41) is 10.8. The summed E-state index contributed by atoms with van der Waals surface area (Å²) >= 11 is 3.38. The van der Waals surface area contributed by atoms with Crippen LogP contribution in [-0.4, -0.2) is 16.1 Å². The van der Waals surface area contributed by atoms with Gasteiger partial charge in [-0.1, -0.05) is 6.07 Å². The molecule has 0 saturated heterocycles. The molecule has 1 N–H and O–H groups in total. The Kier molecular flexibility index (Phi) is 3.58. The highest BCUT2D eigenvalue weighted by Gasteiger charge is 2.05. The molecule has 82 valence electrons. The molecule has 5 heteroatoms. The van der Waals surface area contributed by atoms with Gasteiger partial charge in [-0.25, -0.2) is 9.78 Å². The Bertz CT molecular complexity index is 482. The van der Waals surface area contributed by atoms with E-state index in [0.29, 0.717) is 0 Å². The Morgan fingerprint density at radius 1 is 1.50 bits per heavy atom. The largest absolute Gasteiger partial charge is 0.477 e. The van der Waals surface area contributed by atoms with Crippen LogP contribution in [0.15, 0.2) is 40.1 Å². The molecule has 0 aliphatic heterocycles. The number of aromatic nitrogens is 1. The van der Waals surface area contributed by atoms with Crippen LogP contribution in [0.25, 0.3) is 0 Å². The normalized spacial score (nSPS) is 10.2. The van der Waals surface area contributed by atoms with Gasteiger partial charge in [-0.15, -0.1) is 23.1 Å². The molecule has 2 aromatic heterocycles. The second kappa shape index (κ2) is 5.14. The van der Waals surface area contributed by atoms with Crippen LogP contribution in [-0.2, 0) is 5.75 Å². The van der Waals surface area contributed by atoms with Gasteiger partial charge in [-0.3, -0.25) is 0 Å². The number of thiophene rings is 1. The van der Waals surface area contributed by atoms with Crippen molar-refractivity contribution >= 4 is 29.1 Å². The van der Waals surface area contributed by atoms with Gasteiger partial charge in [0.05, 0.1) is 4.21 Å². The number of thioether (sulfide) groups is 1. The minimum absolute atomic E-state index is 0.101. The zero-order chi connectivity index (χ0) is 11.4. The van der Waals surface area contributed by atoms with Crippen molar-refractivity contribution in [2.24, 2.45) is 0 Å². The Morgan fingerprint density at radius 2 is 2.38 bits per heavy atom. The Hall–Kier alpha value is -1.33. The maximum absolute atomic E-state index is 10.7. The molecule has 0 atom stereocenters. The van der Waals surface area contributed by atoms with Crippen LogP contribution in [0.2, 0.25) is 0 Å². The molecule has 2 rings (SSSR count). The number of carboxylic acids is 1. The maximum Gasteiger partial charge on any atom is 0.354 e. The predicted molar refractivity (Wildman–Crippen MR) is 65.1 cm³/mol. The molecule has 0 fully saturated rings. The Morgan fingerprint density at radius 3 is 3.06 bits per heavy atom. The smallest absolute Gasteiger partial charge is 0.354 e. The molecule has 2 aromatic rings. The summed E-state index contributed by atoms with van der Waals surface area (Å²) in [7, 11) is 0. The monoisotopic (exact) mass is 251 g/mol. The fraction of sp³-hybridized carbons (Fsp3) is 0.0909. The average molecular weight is 251 g/mol. The van der Waals surface area contributed by atoms with Crippen LogP contribution in [0.5, 0.6) is 0 Å². The standard InChI is InChI=1S/C11H9NO2S2/c13-11(14)9-6-8(3-4-12-9)7-16-10-2-1-5-15-10/h1-6H,7H2,(H,13,14). The van der Waals surface area contributed by atoms with Crippen molar-refractivity contribution in [3.05, 3.63) is 47.1 Å². The quantitative estimate of drug-likeness (QED) is 0.848. The van der Waals surface area contributed by atoms with Crippen LogP contribution < -0.4 is 0 Å². The lowest BCUT2D eigenvalue weighted by molar-refractivity contribution is 0.0690. The molecular weight excluding hydrogens is 242 g/mol. The number of nitrogens with zero attached hydrogens (tertiary/aromatic N) is 1. The van der Waals surface area contributed by atoms with Gasteiger partial charge in [-0.05, 0) is 29.1 Å². The van der Waals surface area contributed by atoms with E-state index in [1.165, 1.54) is 10.4 Å². The molecule has 0 aliphatic rings. The summed E-state index contributed by atoms with van der Waals surface area (Å²) < 4.78 is 1.23. The van der Waals surface area contributed by atoms with E-state index >= 15 is 0 Å². The van der Waals surface area contributed by atoms with Crippen LogP contribution >= 0.6 is 23.1 Å². The van der Waals surface area contributed by atoms with Gasteiger partial charge in [0.1, 0.15) is 5.69 Å². The molecule has 16 heavy (non-hydrogen) atoms. The highest BCUT2D eigenvalue weighted by Crippen LogP contribution is 2.26. The summed E-state index contributed by atoms with van der Waals surface area (Å²) in [6.07, 6.45) is 1.54. The first-order valence-corrected chi connectivity index (χ1v) is 6.47. The highest BCUT2D eigenvalue weighted by molar-refractivity contribution is 8.00. The van der Waals surface area contributed by atoms with E-state index in [0.717, 1.165) is 11.3 Å². The van der Waals surface area contributed by atoms with E-state index in [1.807, 2.05) is 17.5 Å². The summed E-state index contributed by atoms with van der Waals surface area (Å²) in [6, 6.07) is 7.51. The van der Waals surface area contributed by atoms with E-state index < -0.39 is 5.97 Å². The fourth-order valence-electron chi connectivity index (χ4n) is 1.18. The molecule has 0 aliphatic carbocycles. The zero-order valence-electron chi connectivity index (χ0n) is 8.29. The molecule has 0 amide bonds. The van der Waals surface area contributed by atoms with E-state index in [9.17, 15) is 4.79 Å². The molecule has 0 aromatic carbocycles. The maximum atomic E-state index is 10.7. The lowest BCUT2D eigenvalue weighted by Crippen LogP contribution is -2.00. The lowest BCUT2D eigenvalue weighted by atomic mass is 10.2. The van der Waals surface area contributed by atoms with Crippen molar-refractivity contribution in [3.8, 4) is 0 Å². The SMILES string of the molecule is O=C(O)c1cc(CSc2cccs2)ccn1. The topological polar surface area (TPSA) is 50.2 Å². The summed E-state index contributed by atoms with van der Waals surface area (Å²) in [6.45, 7) is 0. The van der Waals surface area contributed by atoms with E-state index in [4.69, 9.17) is 5.11 Å². The van der Waals surface area contributed by atoms with Gasteiger partial charge in [0.2, 0.25) is 0 Å². The summed E-state index contributed by atoms with van der Waals surface area (Å²) in [5.41, 5.74) is 1.08. The Labute approximate surface area is 101 Å². The summed E-state index contributed by atoms with van der Waals surface area (Å²) in [4.78, 5) is 14.5. The summed E-state index contributed by atoms with van der Waals surface area (Å²) in [5.74, 6) is -0.216. The zero-order valence-corrected chi connectivity index (χ0v) is 9.92. The second-order valence-corrected chi connectivity index (χ2v) is 5.30. The number of rotatable bonds is 4. The lowest BCUT2D eigenvalue weighted by Gasteiger charge is -2.00. The third kappa shape index (κ3) is 2.84. The molecule has 0 bridgehead atoms. The van der Waals surface area contributed by atoms with Crippen LogP contribution in [0.4, 0.5) is 0 Å². The van der Waals surface area contributed by atoms with Crippen molar-refractivity contribution < 1.29 is 9.90 Å². The number of carbonyl (C=O) groups is 1. The van der Waals surface area contributed by atoms with Gasteiger partial charge < -0.3 is 5.11 Å². The minimum Gasteiger partial charge on any atom is -0.477 e. The molecule has 0 unspecified atom stereocenters. The number of carboxylic acid groups (broad SMARTS) is 1. The first-order valence-electron chi connectivity index (χ1n) is 4.60. The molecular formula is C11H9NO2S2. The van der Waals surface area contributed by atoms with Crippen molar-refractivity contribution in [2.45, 2.75) is 9.96 Å². The van der Waals surface area contributed by atoms with Crippen LogP contribution in [0, 0.1) is 0 Å². The van der Waals surface area contributed by atoms with E-state index in [2.05, 4.69) is 11.1 Å². The number of hydrogen-bond donors (Lipinski definition) is 1. The van der Waals surface area contributed by atoms with E-state index in [1.54, 1.807) is 29.2 Å². The van der Waals surface area contributed by atoms with Gasteiger partial charge in [0.25, 0.3) is 0 Å².